The van der Waals surface area contributed by atoms with Crippen molar-refractivity contribution >= 4 is 17.5 Å². The SMILES string of the molecule is CC(C)[C@@H]1COCCN1Cc1cc2c(c(C(F)(F)F)c1)CN(c1cc(-c3cc(C#N)ccc3-c3nncn3C)cc(NCC3(CC#N)CC3)n1)C2=O. The normalized spacial score (nSPS) is 18.3. The highest BCUT2D eigenvalue weighted by atomic mass is 19.4. The number of carbonyl (C=O) groups excluding carboxylic acids is 1. The van der Waals surface area contributed by atoms with Crippen molar-refractivity contribution in [2.45, 2.75) is 58.4 Å². The second kappa shape index (κ2) is 13.7. The molecule has 1 saturated carbocycles. The number of alkyl halides is 3. The number of aryl methyl sites for hydroxylation is 1. The van der Waals surface area contributed by atoms with E-state index in [-0.39, 0.29) is 47.4 Å². The Morgan fingerprint density at radius 3 is 2.58 bits per heavy atom. The van der Waals surface area contributed by atoms with Crippen LogP contribution in [0.25, 0.3) is 22.5 Å². The molecule has 7 rings (SSSR count). The van der Waals surface area contributed by atoms with Crippen LogP contribution in [-0.4, -0.2) is 62.9 Å². The number of halogens is 3. The number of nitrogens with one attached hydrogen (secondary N) is 1. The van der Waals surface area contributed by atoms with Gasteiger partial charge in [0.15, 0.2) is 5.82 Å². The number of rotatable bonds is 10. The van der Waals surface area contributed by atoms with Crippen molar-refractivity contribution in [1.82, 2.24) is 24.6 Å². The van der Waals surface area contributed by atoms with Crippen LogP contribution in [0.2, 0.25) is 0 Å². The second-order valence-corrected chi connectivity index (χ2v) is 14.3. The highest BCUT2D eigenvalue weighted by Crippen LogP contribution is 2.49. The summed E-state index contributed by atoms with van der Waals surface area (Å²) in [5.41, 5.74) is 1.50. The number of aromatic nitrogens is 4. The number of pyridine rings is 1. The number of benzene rings is 2. The first-order chi connectivity index (χ1) is 24.9. The van der Waals surface area contributed by atoms with Crippen molar-refractivity contribution in [2.75, 3.05) is 36.5 Å². The average molecular weight is 710 g/mol. The summed E-state index contributed by atoms with van der Waals surface area (Å²) in [6.45, 7) is 6.06. The van der Waals surface area contributed by atoms with Gasteiger partial charge >= 0.3 is 6.18 Å². The van der Waals surface area contributed by atoms with Gasteiger partial charge in [-0.05, 0) is 83.5 Å². The molecule has 14 heteroatoms. The van der Waals surface area contributed by atoms with Gasteiger partial charge in [0.25, 0.3) is 5.91 Å². The zero-order chi connectivity index (χ0) is 36.8. The molecular formula is C38H38F3N9O2. The van der Waals surface area contributed by atoms with Gasteiger partial charge in [0.05, 0.1) is 43.0 Å². The molecule has 1 atom stereocenters. The fraction of sp³-hybridized carbons (Fsp3) is 0.421. The molecule has 3 aliphatic rings. The van der Waals surface area contributed by atoms with Gasteiger partial charge in [0.1, 0.15) is 18.0 Å². The number of ether oxygens (including phenoxy) is 1. The second-order valence-electron chi connectivity index (χ2n) is 14.3. The number of anilines is 2. The fourth-order valence-electron chi connectivity index (χ4n) is 7.21. The molecule has 1 aliphatic carbocycles. The van der Waals surface area contributed by atoms with Gasteiger partial charge in [-0.3, -0.25) is 14.6 Å². The van der Waals surface area contributed by atoms with Crippen molar-refractivity contribution in [2.24, 2.45) is 18.4 Å². The highest BCUT2D eigenvalue weighted by molar-refractivity contribution is 6.10. The van der Waals surface area contributed by atoms with E-state index in [1.807, 2.05) is 0 Å². The van der Waals surface area contributed by atoms with Crippen LogP contribution in [0.3, 0.4) is 0 Å². The fourth-order valence-corrected chi connectivity index (χ4v) is 7.21. The van der Waals surface area contributed by atoms with E-state index in [0.29, 0.717) is 72.2 Å². The van der Waals surface area contributed by atoms with Gasteiger partial charge in [-0.1, -0.05) is 13.8 Å². The quantitative estimate of drug-likeness (QED) is 0.194. The Kier molecular flexibility index (Phi) is 9.23. The summed E-state index contributed by atoms with van der Waals surface area (Å²) in [4.78, 5) is 22.4. The molecule has 0 bridgehead atoms. The third-order valence-corrected chi connectivity index (χ3v) is 10.4. The van der Waals surface area contributed by atoms with Crippen LogP contribution < -0.4 is 10.2 Å². The first-order valence-corrected chi connectivity index (χ1v) is 17.3. The van der Waals surface area contributed by atoms with E-state index < -0.39 is 17.6 Å². The minimum Gasteiger partial charge on any atom is -0.378 e. The van der Waals surface area contributed by atoms with Crippen molar-refractivity contribution in [1.29, 1.82) is 10.5 Å². The minimum atomic E-state index is -4.69. The molecule has 0 spiro atoms. The zero-order valence-electron chi connectivity index (χ0n) is 29.2. The number of nitrogens with zero attached hydrogens (tertiary/aromatic N) is 8. The molecule has 4 aromatic rings. The molecule has 11 nitrogen and oxygen atoms in total. The first kappa shape index (κ1) is 35.1. The van der Waals surface area contributed by atoms with E-state index in [9.17, 15) is 28.5 Å². The van der Waals surface area contributed by atoms with Crippen molar-refractivity contribution in [3.05, 3.63) is 76.6 Å². The van der Waals surface area contributed by atoms with Gasteiger partial charge in [0, 0.05) is 55.7 Å². The Morgan fingerprint density at radius 1 is 1.10 bits per heavy atom. The number of carbonyl (C=O) groups is 1. The van der Waals surface area contributed by atoms with Gasteiger partial charge in [0.2, 0.25) is 0 Å². The molecule has 1 N–H and O–H groups in total. The summed E-state index contributed by atoms with van der Waals surface area (Å²) >= 11 is 0. The molecule has 2 aliphatic heterocycles. The molecule has 268 valence electrons. The van der Waals surface area contributed by atoms with E-state index in [4.69, 9.17) is 9.72 Å². The third-order valence-electron chi connectivity index (χ3n) is 10.4. The molecule has 2 fully saturated rings. The minimum absolute atomic E-state index is 0.00176. The largest absolute Gasteiger partial charge is 0.416 e. The molecule has 2 aromatic carbocycles. The van der Waals surface area contributed by atoms with Crippen LogP contribution in [0.1, 0.15) is 65.7 Å². The van der Waals surface area contributed by atoms with E-state index in [0.717, 1.165) is 12.8 Å². The van der Waals surface area contributed by atoms with Crippen molar-refractivity contribution in [3.63, 3.8) is 0 Å². The number of nitriles is 2. The Bertz CT molecular complexity index is 2110. The Labute approximate surface area is 299 Å². The number of amides is 1. The summed E-state index contributed by atoms with van der Waals surface area (Å²) in [6.07, 6.45) is -1.00. The van der Waals surface area contributed by atoms with Crippen LogP contribution in [0.4, 0.5) is 24.8 Å². The van der Waals surface area contributed by atoms with E-state index in [1.165, 1.54) is 11.0 Å². The van der Waals surface area contributed by atoms with E-state index in [1.54, 1.807) is 54.3 Å². The molecular weight excluding hydrogens is 671 g/mol. The lowest BCUT2D eigenvalue weighted by molar-refractivity contribution is -0.138. The number of fused-ring (bicyclic) bond motifs is 1. The lowest BCUT2D eigenvalue weighted by atomic mass is 9.97. The van der Waals surface area contributed by atoms with Gasteiger partial charge < -0.3 is 14.6 Å². The molecule has 1 saturated heterocycles. The summed E-state index contributed by atoms with van der Waals surface area (Å²) in [5.74, 6) is 0.719. The maximum atomic E-state index is 14.7. The van der Waals surface area contributed by atoms with Gasteiger partial charge in [-0.25, -0.2) is 4.98 Å². The topological polar surface area (TPSA) is 136 Å². The van der Waals surface area contributed by atoms with Crippen LogP contribution in [0, 0.1) is 34.0 Å². The Morgan fingerprint density at radius 2 is 1.90 bits per heavy atom. The van der Waals surface area contributed by atoms with Crippen LogP contribution >= 0.6 is 0 Å². The molecule has 4 heterocycles. The number of hydrogen-bond donors (Lipinski definition) is 1. The summed E-state index contributed by atoms with van der Waals surface area (Å²) in [5, 5.41) is 30.8. The van der Waals surface area contributed by atoms with E-state index in [2.05, 4.69) is 46.4 Å². The highest BCUT2D eigenvalue weighted by Gasteiger charge is 2.43. The predicted molar refractivity (Wildman–Crippen MR) is 187 cm³/mol. The van der Waals surface area contributed by atoms with Crippen LogP contribution in [-0.2, 0) is 31.1 Å². The first-order valence-electron chi connectivity index (χ1n) is 17.3. The van der Waals surface area contributed by atoms with Crippen molar-refractivity contribution in [3.8, 4) is 34.7 Å². The zero-order valence-corrected chi connectivity index (χ0v) is 29.2. The summed E-state index contributed by atoms with van der Waals surface area (Å²) < 4.78 is 51.6. The van der Waals surface area contributed by atoms with Gasteiger partial charge in [-0.15, -0.1) is 10.2 Å². The number of morpholine rings is 1. The summed E-state index contributed by atoms with van der Waals surface area (Å²) in [6, 6.07) is 15.8. The van der Waals surface area contributed by atoms with Gasteiger partial charge in [-0.2, -0.15) is 23.7 Å². The summed E-state index contributed by atoms with van der Waals surface area (Å²) in [7, 11) is 1.79. The lowest BCUT2D eigenvalue weighted by Crippen LogP contribution is -2.47. The third kappa shape index (κ3) is 6.84. The molecule has 1 amide bonds. The maximum absolute atomic E-state index is 14.7. The van der Waals surface area contributed by atoms with Crippen molar-refractivity contribution < 1.29 is 22.7 Å². The maximum Gasteiger partial charge on any atom is 0.416 e. The smallest absolute Gasteiger partial charge is 0.378 e. The van der Waals surface area contributed by atoms with Crippen LogP contribution in [0.15, 0.2) is 48.8 Å². The average Bonchev–Trinajstić information content (AvgIpc) is 3.63. The van der Waals surface area contributed by atoms with Crippen LogP contribution in [0.5, 0.6) is 0 Å². The molecule has 0 radical (unpaired) electrons. The monoisotopic (exact) mass is 709 g/mol. The molecule has 52 heavy (non-hydrogen) atoms. The molecule has 0 unspecified atom stereocenters. The standard InChI is InChI=1S/C38H38F3N9O2/c1-23(2)32-20-52-11-10-49(32)18-25-13-29-30(31(14-25)38(39,40)41)19-50(36(29)51)34-16-26(15-33(46-34)44-21-37(6-7-37)8-9-42)28-12-24(17-43)4-5-27(28)35-47-45-22-48(35)3/h4-5,12-16,22-23,32H,6-8,10-11,18-21H2,1-3H3,(H,44,46)/t32-/m0/s1. The van der Waals surface area contributed by atoms with E-state index >= 15 is 0 Å². The number of hydrogen-bond acceptors (Lipinski definition) is 9. The lowest BCUT2D eigenvalue weighted by Gasteiger charge is -2.38. The molecule has 2 aromatic heterocycles. The predicted octanol–water partition coefficient (Wildman–Crippen LogP) is 6.56. The Balaban J connectivity index is 1.31. The Hall–Kier alpha value is -5.31.